The molecule has 0 amide bonds. The number of nitrogens with one attached hydrogen (secondary N) is 1. The first kappa shape index (κ1) is 17.9. The zero-order valence-electron chi connectivity index (χ0n) is 14.2. The van der Waals surface area contributed by atoms with E-state index in [-0.39, 0.29) is 0 Å². The van der Waals surface area contributed by atoms with Crippen LogP contribution in [0.25, 0.3) is 0 Å². The third-order valence-corrected chi connectivity index (χ3v) is 4.91. The fraction of sp³-hybridized carbons (Fsp3) is 0.190. The van der Waals surface area contributed by atoms with Gasteiger partial charge in [-0.2, -0.15) is 15.8 Å². The summed E-state index contributed by atoms with van der Waals surface area (Å²) in [5.41, 5.74) is -3.25. The number of carbonyl (C=O) groups excluding carboxylic acids is 1. The molecule has 0 bridgehead atoms. The molecule has 6 heteroatoms. The van der Waals surface area contributed by atoms with Crippen LogP contribution < -0.4 is 0 Å². The molecular weight excluding hydrogens is 340 g/mol. The molecular formula is C21H14N4O2. The lowest BCUT2D eigenvalue weighted by atomic mass is 9.57. The summed E-state index contributed by atoms with van der Waals surface area (Å²) >= 11 is 0. The number of nitrogens with zero attached hydrogens (tertiary/aromatic N) is 3. The van der Waals surface area contributed by atoms with Crippen molar-refractivity contribution in [3.8, 4) is 18.2 Å². The van der Waals surface area contributed by atoms with Crippen molar-refractivity contribution >= 4 is 11.7 Å². The van der Waals surface area contributed by atoms with E-state index in [2.05, 4.69) is 0 Å². The van der Waals surface area contributed by atoms with E-state index in [1.165, 1.54) is 0 Å². The molecule has 1 heterocycles. The Kier molecular flexibility index (Phi) is 4.46. The average molecular weight is 354 g/mol. The Balaban J connectivity index is 2.32. The van der Waals surface area contributed by atoms with Gasteiger partial charge in [0, 0.05) is 5.56 Å². The first-order chi connectivity index (χ1) is 13.1. The Morgan fingerprint density at radius 1 is 0.963 bits per heavy atom. The number of benzene rings is 2. The summed E-state index contributed by atoms with van der Waals surface area (Å²) in [6.07, 6.45) is 0. The fourth-order valence-corrected chi connectivity index (χ4v) is 3.47. The van der Waals surface area contributed by atoms with Crippen molar-refractivity contribution < 1.29 is 9.53 Å². The summed E-state index contributed by atoms with van der Waals surface area (Å²) in [5.74, 6) is -2.22. The zero-order chi connectivity index (χ0) is 19.5. The number of hydrogen-bond acceptors (Lipinski definition) is 6. The summed E-state index contributed by atoms with van der Waals surface area (Å²) in [6, 6.07) is 22.4. The molecule has 6 nitrogen and oxygen atoms in total. The van der Waals surface area contributed by atoms with Gasteiger partial charge in [-0.15, -0.1) is 0 Å². The number of carbonyl (C=O) groups is 1. The van der Waals surface area contributed by atoms with Crippen molar-refractivity contribution in [1.29, 1.82) is 21.2 Å². The number of ether oxygens (including phenoxy) is 1. The highest BCUT2D eigenvalue weighted by atomic mass is 16.5. The minimum atomic E-state index is -2.05. The van der Waals surface area contributed by atoms with Crippen LogP contribution >= 0.6 is 0 Å². The van der Waals surface area contributed by atoms with E-state index >= 15 is 0 Å². The van der Waals surface area contributed by atoms with Gasteiger partial charge in [0.25, 0.3) is 0 Å². The minimum Gasteiger partial charge on any atom is -0.477 e. The molecule has 1 fully saturated rings. The summed E-state index contributed by atoms with van der Waals surface area (Å²) < 4.78 is 5.21. The Morgan fingerprint density at radius 2 is 1.52 bits per heavy atom. The standard InChI is InChI=1S/C21H14N4O2/c22-11-20(12-23)14-27-19(25)21(20,13-24)17(15-7-3-1-4-8-15)18(26)16-9-5-2-6-10-16/h1-10,17,25H,14H2. The van der Waals surface area contributed by atoms with E-state index in [1.807, 2.05) is 18.2 Å². The van der Waals surface area contributed by atoms with E-state index in [4.69, 9.17) is 10.1 Å². The molecule has 1 aliphatic rings. The van der Waals surface area contributed by atoms with Gasteiger partial charge in [-0.05, 0) is 5.56 Å². The molecule has 1 aliphatic heterocycles. The quantitative estimate of drug-likeness (QED) is 0.845. The Labute approximate surface area is 156 Å². The van der Waals surface area contributed by atoms with Gasteiger partial charge in [0.2, 0.25) is 11.3 Å². The largest absolute Gasteiger partial charge is 0.477 e. The molecule has 2 unspecified atom stereocenters. The van der Waals surface area contributed by atoms with E-state index in [0.29, 0.717) is 11.1 Å². The molecule has 3 rings (SSSR count). The molecule has 1 saturated heterocycles. The van der Waals surface area contributed by atoms with Crippen molar-refractivity contribution in [2.75, 3.05) is 6.61 Å². The van der Waals surface area contributed by atoms with E-state index in [1.54, 1.807) is 60.7 Å². The maximum Gasteiger partial charge on any atom is 0.205 e. The Morgan fingerprint density at radius 3 is 2.04 bits per heavy atom. The Hall–Kier alpha value is -3.95. The number of Topliss-reactive ketones (excluding diaryl/α,β-unsaturated/α-hetero) is 1. The van der Waals surface area contributed by atoms with Crippen molar-refractivity contribution in [3.63, 3.8) is 0 Å². The lowest BCUT2D eigenvalue weighted by Gasteiger charge is -2.34. The molecule has 0 aromatic heterocycles. The summed E-state index contributed by atoms with van der Waals surface area (Å²) in [5, 5.41) is 37.8. The maximum absolute atomic E-state index is 13.4. The summed E-state index contributed by atoms with van der Waals surface area (Å²) in [6.45, 7) is -0.433. The van der Waals surface area contributed by atoms with Gasteiger partial charge in [0.1, 0.15) is 6.61 Å². The van der Waals surface area contributed by atoms with Crippen LogP contribution in [0.4, 0.5) is 0 Å². The van der Waals surface area contributed by atoms with Gasteiger partial charge >= 0.3 is 0 Å². The van der Waals surface area contributed by atoms with Crippen LogP contribution in [0.5, 0.6) is 0 Å². The van der Waals surface area contributed by atoms with Crippen molar-refractivity contribution in [2.45, 2.75) is 5.92 Å². The molecule has 2 aromatic carbocycles. The highest BCUT2D eigenvalue weighted by molar-refractivity contribution is 6.06. The van der Waals surface area contributed by atoms with E-state index in [0.717, 1.165) is 0 Å². The first-order valence-electron chi connectivity index (χ1n) is 8.16. The molecule has 0 aliphatic carbocycles. The molecule has 27 heavy (non-hydrogen) atoms. The number of hydrogen-bond donors (Lipinski definition) is 1. The van der Waals surface area contributed by atoms with Crippen LogP contribution in [0.1, 0.15) is 21.8 Å². The van der Waals surface area contributed by atoms with Gasteiger partial charge in [-0.25, -0.2) is 0 Å². The van der Waals surface area contributed by atoms with Gasteiger partial charge in [-0.1, -0.05) is 60.7 Å². The van der Waals surface area contributed by atoms with Crippen molar-refractivity contribution in [2.24, 2.45) is 10.8 Å². The molecule has 0 radical (unpaired) electrons. The van der Waals surface area contributed by atoms with Crippen LogP contribution in [0.15, 0.2) is 60.7 Å². The summed E-state index contributed by atoms with van der Waals surface area (Å²) in [7, 11) is 0. The van der Waals surface area contributed by atoms with E-state index in [9.17, 15) is 20.6 Å². The molecule has 130 valence electrons. The minimum absolute atomic E-state index is 0.324. The lowest BCUT2D eigenvalue weighted by Crippen LogP contribution is -2.47. The maximum atomic E-state index is 13.4. The van der Waals surface area contributed by atoms with Gasteiger partial charge < -0.3 is 4.74 Å². The predicted molar refractivity (Wildman–Crippen MR) is 95.3 cm³/mol. The Bertz CT molecular complexity index is 998. The van der Waals surface area contributed by atoms with E-state index < -0.39 is 35.0 Å². The van der Waals surface area contributed by atoms with Crippen LogP contribution in [0, 0.1) is 50.2 Å². The number of rotatable bonds is 4. The molecule has 2 aromatic rings. The van der Waals surface area contributed by atoms with Crippen LogP contribution in [0.2, 0.25) is 0 Å². The third-order valence-electron chi connectivity index (χ3n) is 4.91. The second-order valence-corrected chi connectivity index (χ2v) is 6.24. The predicted octanol–water partition coefficient (Wildman–Crippen LogP) is 3.20. The molecule has 2 atom stereocenters. The van der Waals surface area contributed by atoms with Crippen LogP contribution in [-0.2, 0) is 4.74 Å². The summed E-state index contributed by atoms with van der Waals surface area (Å²) in [4.78, 5) is 13.4. The van der Waals surface area contributed by atoms with Gasteiger partial charge in [0.05, 0.1) is 24.1 Å². The zero-order valence-corrected chi connectivity index (χ0v) is 14.2. The smallest absolute Gasteiger partial charge is 0.205 e. The van der Waals surface area contributed by atoms with Crippen LogP contribution in [0.3, 0.4) is 0 Å². The monoisotopic (exact) mass is 354 g/mol. The molecule has 0 saturated carbocycles. The second-order valence-electron chi connectivity index (χ2n) is 6.24. The highest BCUT2D eigenvalue weighted by Crippen LogP contribution is 2.55. The van der Waals surface area contributed by atoms with Gasteiger partial charge in [-0.3, -0.25) is 10.2 Å². The normalized spacial score (nSPS) is 21.1. The third kappa shape index (κ3) is 2.46. The van der Waals surface area contributed by atoms with Crippen molar-refractivity contribution in [3.05, 3.63) is 71.8 Å². The first-order valence-corrected chi connectivity index (χ1v) is 8.16. The van der Waals surface area contributed by atoms with Gasteiger partial charge in [0.15, 0.2) is 11.2 Å². The SMILES string of the molecule is N#CC1(C#N)COC(=N)C1(C#N)C(C(=O)c1ccccc1)c1ccccc1. The number of ketones is 1. The van der Waals surface area contributed by atoms with Crippen molar-refractivity contribution in [1.82, 2.24) is 0 Å². The molecule has 0 spiro atoms. The molecule has 1 N–H and O–H groups in total. The lowest BCUT2D eigenvalue weighted by molar-refractivity contribution is 0.0901. The second kappa shape index (κ2) is 6.75. The topological polar surface area (TPSA) is 122 Å². The highest BCUT2D eigenvalue weighted by Gasteiger charge is 2.69. The fourth-order valence-electron chi connectivity index (χ4n) is 3.47. The average Bonchev–Trinajstić information content (AvgIpc) is 3.02. The van der Waals surface area contributed by atoms with Crippen LogP contribution in [-0.4, -0.2) is 18.3 Å². The number of nitriles is 3.